The lowest BCUT2D eigenvalue weighted by atomic mass is 10.2. The Morgan fingerprint density at radius 3 is 2.52 bits per heavy atom. The Kier molecular flexibility index (Phi) is 4.22. The maximum atomic E-state index is 12.4. The van der Waals surface area contributed by atoms with Crippen LogP contribution in [0.5, 0.6) is 5.75 Å². The van der Waals surface area contributed by atoms with Crippen molar-refractivity contribution in [1.29, 1.82) is 0 Å². The van der Waals surface area contributed by atoms with Crippen LogP contribution in [0.3, 0.4) is 0 Å². The first kappa shape index (κ1) is 15.4. The van der Waals surface area contributed by atoms with Crippen LogP contribution in [-0.4, -0.2) is 25.2 Å². The van der Waals surface area contributed by atoms with Gasteiger partial charge >= 0.3 is 0 Å². The summed E-state index contributed by atoms with van der Waals surface area (Å²) in [6, 6.07) is 4.80. The Morgan fingerprint density at radius 1 is 1.29 bits per heavy atom. The predicted octanol–water partition coefficient (Wildman–Crippen LogP) is 2.53. The van der Waals surface area contributed by atoms with E-state index in [2.05, 4.69) is 14.9 Å². The van der Waals surface area contributed by atoms with Crippen molar-refractivity contribution in [2.45, 2.75) is 32.6 Å². The van der Waals surface area contributed by atoms with E-state index in [-0.39, 0.29) is 4.90 Å². The molecule has 21 heavy (non-hydrogen) atoms. The summed E-state index contributed by atoms with van der Waals surface area (Å²) < 4.78 is 32.8. The van der Waals surface area contributed by atoms with Crippen LogP contribution in [-0.2, 0) is 10.0 Å². The fraction of sp³-hybridized carbons (Fsp3) is 0.357. The number of rotatable bonds is 5. The van der Waals surface area contributed by atoms with E-state index in [4.69, 9.17) is 4.74 Å². The SMILES string of the molecule is CCOc1ccc(S(=O)(=O)Nc2c(C)n[nH]c2C)cc1C. The van der Waals surface area contributed by atoms with Crippen molar-refractivity contribution < 1.29 is 13.2 Å². The van der Waals surface area contributed by atoms with Gasteiger partial charge in [0.25, 0.3) is 10.0 Å². The summed E-state index contributed by atoms with van der Waals surface area (Å²) in [6.07, 6.45) is 0. The first-order valence-electron chi connectivity index (χ1n) is 6.63. The second-order valence-electron chi connectivity index (χ2n) is 4.77. The minimum atomic E-state index is -3.65. The van der Waals surface area contributed by atoms with E-state index in [0.29, 0.717) is 29.4 Å². The number of sulfonamides is 1. The Labute approximate surface area is 124 Å². The third-order valence-corrected chi connectivity index (χ3v) is 4.47. The molecular weight excluding hydrogens is 290 g/mol. The molecule has 0 bridgehead atoms. The van der Waals surface area contributed by atoms with Crippen molar-refractivity contribution in [3.05, 3.63) is 35.2 Å². The highest BCUT2D eigenvalue weighted by molar-refractivity contribution is 7.92. The van der Waals surface area contributed by atoms with Gasteiger partial charge in [-0.15, -0.1) is 0 Å². The molecule has 1 aromatic heterocycles. The topological polar surface area (TPSA) is 84.1 Å². The monoisotopic (exact) mass is 309 g/mol. The van der Waals surface area contributed by atoms with E-state index in [9.17, 15) is 8.42 Å². The third-order valence-electron chi connectivity index (χ3n) is 3.12. The largest absolute Gasteiger partial charge is 0.494 e. The minimum Gasteiger partial charge on any atom is -0.494 e. The molecule has 0 amide bonds. The van der Waals surface area contributed by atoms with Gasteiger partial charge in [0.2, 0.25) is 0 Å². The number of ether oxygens (including phenoxy) is 1. The highest BCUT2D eigenvalue weighted by Gasteiger charge is 2.19. The van der Waals surface area contributed by atoms with Gasteiger partial charge in [-0.2, -0.15) is 5.10 Å². The van der Waals surface area contributed by atoms with Crippen LogP contribution in [0.25, 0.3) is 0 Å². The molecule has 1 heterocycles. The summed E-state index contributed by atoms with van der Waals surface area (Å²) in [5.41, 5.74) is 2.55. The molecule has 2 rings (SSSR count). The van der Waals surface area contributed by atoms with Gasteiger partial charge in [-0.3, -0.25) is 9.82 Å². The van der Waals surface area contributed by atoms with Crippen LogP contribution in [0.1, 0.15) is 23.9 Å². The van der Waals surface area contributed by atoms with E-state index < -0.39 is 10.0 Å². The molecule has 0 aliphatic carbocycles. The summed E-state index contributed by atoms with van der Waals surface area (Å²) in [6.45, 7) is 7.75. The first-order valence-corrected chi connectivity index (χ1v) is 8.11. The van der Waals surface area contributed by atoms with Gasteiger partial charge in [-0.25, -0.2) is 8.42 Å². The Morgan fingerprint density at radius 2 is 2.00 bits per heavy atom. The number of hydrogen-bond donors (Lipinski definition) is 2. The molecule has 6 nitrogen and oxygen atoms in total. The van der Waals surface area contributed by atoms with Crippen LogP contribution >= 0.6 is 0 Å². The number of aryl methyl sites for hydroxylation is 3. The molecule has 0 aliphatic rings. The van der Waals surface area contributed by atoms with Crippen molar-refractivity contribution >= 4 is 15.7 Å². The normalized spacial score (nSPS) is 11.4. The number of hydrogen-bond acceptors (Lipinski definition) is 4. The van der Waals surface area contributed by atoms with Gasteiger partial charge in [0.15, 0.2) is 0 Å². The number of nitrogens with zero attached hydrogens (tertiary/aromatic N) is 1. The zero-order chi connectivity index (χ0) is 15.6. The maximum Gasteiger partial charge on any atom is 0.262 e. The molecule has 0 fully saturated rings. The Balaban J connectivity index is 2.34. The zero-order valence-corrected chi connectivity index (χ0v) is 13.3. The van der Waals surface area contributed by atoms with Crippen LogP contribution in [0.2, 0.25) is 0 Å². The van der Waals surface area contributed by atoms with Crippen molar-refractivity contribution in [3.8, 4) is 5.75 Å². The molecular formula is C14H19N3O3S. The number of benzene rings is 1. The second kappa shape index (κ2) is 5.77. The van der Waals surface area contributed by atoms with Gasteiger partial charge in [-0.1, -0.05) is 0 Å². The fourth-order valence-corrected chi connectivity index (χ4v) is 3.27. The van der Waals surface area contributed by atoms with Crippen molar-refractivity contribution in [2.75, 3.05) is 11.3 Å². The van der Waals surface area contributed by atoms with E-state index in [0.717, 1.165) is 5.56 Å². The summed E-state index contributed by atoms with van der Waals surface area (Å²) in [7, 11) is -3.65. The summed E-state index contributed by atoms with van der Waals surface area (Å²) in [4.78, 5) is 0.198. The van der Waals surface area contributed by atoms with Crippen molar-refractivity contribution in [3.63, 3.8) is 0 Å². The van der Waals surface area contributed by atoms with E-state index >= 15 is 0 Å². The van der Waals surface area contributed by atoms with Gasteiger partial charge < -0.3 is 4.74 Å². The Bertz CT molecular complexity index is 731. The summed E-state index contributed by atoms with van der Waals surface area (Å²) >= 11 is 0. The van der Waals surface area contributed by atoms with Gasteiger partial charge in [0.05, 0.1) is 28.6 Å². The highest BCUT2D eigenvalue weighted by Crippen LogP contribution is 2.25. The zero-order valence-electron chi connectivity index (χ0n) is 12.5. The molecule has 0 saturated carbocycles. The van der Waals surface area contributed by atoms with Crippen LogP contribution in [0.15, 0.2) is 23.1 Å². The first-order chi connectivity index (χ1) is 9.85. The molecule has 0 aliphatic heterocycles. The van der Waals surface area contributed by atoms with Crippen LogP contribution in [0.4, 0.5) is 5.69 Å². The van der Waals surface area contributed by atoms with E-state index in [1.54, 1.807) is 26.0 Å². The van der Waals surface area contributed by atoms with Crippen LogP contribution < -0.4 is 9.46 Å². The molecule has 0 radical (unpaired) electrons. The molecule has 2 N–H and O–H groups in total. The predicted molar refractivity (Wildman–Crippen MR) is 81.2 cm³/mol. The molecule has 2 aromatic rings. The van der Waals surface area contributed by atoms with Gasteiger partial charge in [0, 0.05) is 0 Å². The summed E-state index contributed by atoms with van der Waals surface area (Å²) in [5, 5.41) is 6.73. The van der Waals surface area contributed by atoms with Crippen molar-refractivity contribution in [2.24, 2.45) is 0 Å². The smallest absolute Gasteiger partial charge is 0.262 e. The molecule has 0 spiro atoms. The number of aromatic amines is 1. The van der Waals surface area contributed by atoms with Gasteiger partial charge in [-0.05, 0) is 51.5 Å². The molecule has 0 atom stereocenters. The number of H-pyrrole nitrogens is 1. The average Bonchev–Trinajstić information content (AvgIpc) is 2.72. The number of aromatic nitrogens is 2. The van der Waals surface area contributed by atoms with Crippen molar-refractivity contribution in [1.82, 2.24) is 10.2 Å². The molecule has 0 unspecified atom stereocenters. The molecule has 1 aromatic carbocycles. The quantitative estimate of drug-likeness (QED) is 0.889. The molecule has 0 saturated heterocycles. The maximum absolute atomic E-state index is 12.4. The standard InChI is InChI=1S/C14H19N3O3S/c1-5-20-13-7-6-12(8-9(13)2)21(18,19)17-14-10(3)15-16-11(14)4/h6-8,17H,5H2,1-4H3,(H,15,16). The lowest BCUT2D eigenvalue weighted by Crippen LogP contribution is -2.14. The van der Waals surface area contributed by atoms with Crippen LogP contribution in [0, 0.1) is 20.8 Å². The lowest BCUT2D eigenvalue weighted by molar-refractivity contribution is 0.337. The highest BCUT2D eigenvalue weighted by atomic mass is 32.2. The minimum absolute atomic E-state index is 0.198. The van der Waals surface area contributed by atoms with Gasteiger partial charge in [0.1, 0.15) is 5.75 Å². The number of nitrogens with one attached hydrogen (secondary N) is 2. The fourth-order valence-electron chi connectivity index (χ4n) is 2.00. The average molecular weight is 309 g/mol. The second-order valence-corrected chi connectivity index (χ2v) is 6.46. The number of anilines is 1. The summed E-state index contributed by atoms with van der Waals surface area (Å²) in [5.74, 6) is 0.687. The molecule has 114 valence electrons. The van der Waals surface area contributed by atoms with E-state index in [1.807, 2.05) is 13.8 Å². The van der Waals surface area contributed by atoms with E-state index in [1.165, 1.54) is 6.07 Å². The lowest BCUT2D eigenvalue weighted by Gasteiger charge is -2.11. The Hall–Kier alpha value is -2.02. The molecule has 7 heteroatoms. The third kappa shape index (κ3) is 3.18.